The van der Waals surface area contributed by atoms with E-state index in [0.29, 0.717) is 0 Å². The molecule has 20 heavy (non-hydrogen) atoms. The fourth-order valence-electron chi connectivity index (χ4n) is 1.67. The lowest BCUT2D eigenvalue weighted by molar-refractivity contribution is -0.134. The first-order valence-corrected chi connectivity index (χ1v) is 6.69. The summed E-state index contributed by atoms with van der Waals surface area (Å²) in [5.41, 5.74) is 6.14. The highest BCUT2D eigenvalue weighted by molar-refractivity contribution is 5.98. The van der Waals surface area contributed by atoms with Crippen molar-refractivity contribution in [1.29, 1.82) is 0 Å². The average molecular weight is 278 g/mol. The first kappa shape index (κ1) is 16.2. The van der Waals surface area contributed by atoms with E-state index in [2.05, 4.69) is 9.97 Å². The second-order valence-corrected chi connectivity index (χ2v) is 5.34. The van der Waals surface area contributed by atoms with Crippen LogP contribution in [-0.4, -0.2) is 45.2 Å². The monoisotopic (exact) mass is 278 g/mol. The molecule has 110 valence electrons. The van der Waals surface area contributed by atoms with Gasteiger partial charge in [-0.1, -0.05) is 13.8 Å². The van der Waals surface area contributed by atoms with Crippen molar-refractivity contribution < 1.29 is 9.59 Å². The van der Waals surface area contributed by atoms with E-state index in [1.807, 2.05) is 27.7 Å². The summed E-state index contributed by atoms with van der Waals surface area (Å²) >= 11 is 0. The van der Waals surface area contributed by atoms with Crippen molar-refractivity contribution in [2.24, 2.45) is 11.7 Å². The molecule has 1 aromatic heterocycles. The number of amides is 1. The predicted octanol–water partition coefficient (Wildman–Crippen LogP) is 0.880. The molecule has 0 aromatic carbocycles. The molecule has 0 unspecified atom stereocenters. The molecular weight excluding hydrogens is 256 g/mol. The molecule has 1 rings (SSSR count). The van der Waals surface area contributed by atoms with Crippen LogP contribution in [-0.2, 0) is 4.79 Å². The lowest BCUT2D eigenvalue weighted by Gasteiger charge is -2.29. The summed E-state index contributed by atoms with van der Waals surface area (Å²) in [7, 11) is 0. The molecule has 1 atom stereocenters. The third-order valence-corrected chi connectivity index (χ3v) is 3.07. The molecule has 0 spiro atoms. The maximum atomic E-state index is 12.3. The first-order chi connectivity index (χ1) is 9.34. The Morgan fingerprint density at radius 1 is 1.25 bits per heavy atom. The number of hydrogen-bond donors (Lipinski definition) is 1. The summed E-state index contributed by atoms with van der Waals surface area (Å²) in [5.74, 6) is -0.432. The largest absolute Gasteiger partial charge is 0.331 e. The fourth-order valence-corrected chi connectivity index (χ4v) is 1.67. The highest BCUT2D eigenvalue weighted by atomic mass is 16.2. The van der Waals surface area contributed by atoms with Crippen molar-refractivity contribution in [2.45, 2.75) is 39.8 Å². The Morgan fingerprint density at radius 3 is 2.35 bits per heavy atom. The summed E-state index contributed by atoms with van der Waals surface area (Å²) in [6, 6.07) is -0.708. The summed E-state index contributed by atoms with van der Waals surface area (Å²) in [6.07, 6.45) is 4.35. The van der Waals surface area contributed by atoms with Gasteiger partial charge in [-0.3, -0.25) is 14.6 Å². The number of aromatic nitrogens is 2. The van der Waals surface area contributed by atoms with E-state index in [1.54, 1.807) is 0 Å². The molecule has 0 aliphatic rings. The van der Waals surface area contributed by atoms with Gasteiger partial charge in [-0.15, -0.1) is 0 Å². The first-order valence-electron chi connectivity index (χ1n) is 6.69. The quantitative estimate of drug-likeness (QED) is 0.780. The van der Waals surface area contributed by atoms with Crippen LogP contribution in [0.5, 0.6) is 0 Å². The van der Waals surface area contributed by atoms with Gasteiger partial charge in [0.1, 0.15) is 5.69 Å². The second kappa shape index (κ2) is 7.09. The van der Waals surface area contributed by atoms with Crippen LogP contribution in [0, 0.1) is 5.92 Å². The molecule has 0 aliphatic heterocycles. The van der Waals surface area contributed by atoms with Gasteiger partial charge in [0.2, 0.25) is 11.7 Å². The van der Waals surface area contributed by atoms with Gasteiger partial charge in [0.05, 0.1) is 18.8 Å². The fraction of sp³-hybridized carbons (Fsp3) is 0.571. The van der Waals surface area contributed by atoms with Crippen LogP contribution in [0.3, 0.4) is 0 Å². The van der Waals surface area contributed by atoms with Crippen molar-refractivity contribution in [3.05, 3.63) is 24.3 Å². The van der Waals surface area contributed by atoms with E-state index in [0.717, 1.165) is 0 Å². The second-order valence-electron chi connectivity index (χ2n) is 5.34. The smallest absolute Gasteiger partial charge is 0.240 e. The zero-order valence-corrected chi connectivity index (χ0v) is 12.4. The zero-order chi connectivity index (χ0) is 15.3. The number of hydrogen-bond acceptors (Lipinski definition) is 5. The van der Waals surface area contributed by atoms with Crippen molar-refractivity contribution in [2.75, 3.05) is 6.54 Å². The van der Waals surface area contributed by atoms with Crippen LogP contribution in [0.2, 0.25) is 0 Å². The van der Waals surface area contributed by atoms with Crippen LogP contribution in [0.1, 0.15) is 38.2 Å². The van der Waals surface area contributed by atoms with Gasteiger partial charge < -0.3 is 10.6 Å². The number of carbonyl (C=O) groups is 2. The molecule has 0 radical (unpaired) electrons. The van der Waals surface area contributed by atoms with Gasteiger partial charge in [-0.2, -0.15) is 0 Å². The van der Waals surface area contributed by atoms with E-state index in [-0.39, 0.29) is 35.9 Å². The topological polar surface area (TPSA) is 89.2 Å². The molecule has 0 bridgehead atoms. The molecule has 0 saturated carbocycles. The van der Waals surface area contributed by atoms with Gasteiger partial charge in [0.25, 0.3) is 0 Å². The Morgan fingerprint density at radius 2 is 1.90 bits per heavy atom. The summed E-state index contributed by atoms with van der Waals surface area (Å²) in [5, 5.41) is 0. The van der Waals surface area contributed by atoms with E-state index in [4.69, 9.17) is 5.73 Å². The molecule has 1 heterocycles. The lowest BCUT2D eigenvalue weighted by Crippen LogP contribution is -2.50. The van der Waals surface area contributed by atoms with Gasteiger partial charge in [0.15, 0.2) is 0 Å². The standard InChI is InChI=1S/C14H22N4O2/c1-9(2)13(15)14(20)18(10(3)4)8-12(19)11-7-16-5-6-17-11/h5-7,9-10,13H,8,15H2,1-4H3/t13-/m0/s1. The summed E-state index contributed by atoms with van der Waals surface area (Å²) in [6.45, 7) is 7.44. The SMILES string of the molecule is CC(C)[C@H](N)C(=O)N(CC(=O)c1cnccn1)C(C)C. The minimum Gasteiger partial charge on any atom is -0.331 e. The Bertz CT molecular complexity index is 460. The molecule has 6 heteroatoms. The molecule has 1 amide bonds. The third-order valence-electron chi connectivity index (χ3n) is 3.07. The van der Waals surface area contributed by atoms with Gasteiger partial charge >= 0.3 is 0 Å². The van der Waals surface area contributed by atoms with E-state index >= 15 is 0 Å². The van der Waals surface area contributed by atoms with Crippen LogP contribution in [0.15, 0.2) is 18.6 Å². The zero-order valence-electron chi connectivity index (χ0n) is 12.4. The molecule has 2 N–H and O–H groups in total. The average Bonchev–Trinajstić information content (AvgIpc) is 2.43. The minimum atomic E-state index is -0.605. The van der Waals surface area contributed by atoms with Gasteiger partial charge in [-0.05, 0) is 19.8 Å². The van der Waals surface area contributed by atoms with E-state index < -0.39 is 6.04 Å². The van der Waals surface area contributed by atoms with Crippen molar-refractivity contribution in [3.63, 3.8) is 0 Å². The van der Waals surface area contributed by atoms with Crippen LogP contribution in [0.4, 0.5) is 0 Å². The molecule has 0 aliphatic carbocycles. The van der Waals surface area contributed by atoms with E-state index in [9.17, 15) is 9.59 Å². The normalized spacial score (nSPS) is 12.6. The van der Waals surface area contributed by atoms with Gasteiger partial charge in [-0.25, -0.2) is 4.98 Å². The number of ketones is 1. The lowest BCUT2D eigenvalue weighted by atomic mass is 10.0. The predicted molar refractivity (Wildman–Crippen MR) is 76.0 cm³/mol. The molecule has 1 aromatic rings. The Labute approximate surface area is 119 Å². The van der Waals surface area contributed by atoms with Crippen LogP contribution < -0.4 is 5.73 Å². The summed E-state index contributed by atoms with van der Waals surface area (Å²) < 4.78 is 0. The maximum absolute atomic E-state index is 12.3. The summed E-state index contributed by atoms with van der Waals surface area (Å²) in [4.78, 5) is 33.7. The van der Waals surface area contributed by atoms with E-state index in [1.165, 1.54) is 23.5 Å². The molecule has 6 nitrogen and oxygen atoms in total. The number of carbonyl (C=O) groups excluding carboxylic acids is 2. The minimum absolute atomic E-state index is 0.0235. The highest BCUT2D eigenvalue weighted by Crippen LogP contribution is 2.08. The number of nitrogens with two attached hydrogens (primary N) is 1. The Balaban J connectivity index is 2.83. The van der Waals surface area contributed by atoms with Gasteiger partial charge in [0, 0.05) is 18.4 Å². The van der Waals surface area contributed by atoms with Crippen molar-refractivity contribution in [3.8, 4) is 0 Å². The third kappa shape index (κ3) is 4.09. The van der Waals surface area contributed by atoms with Crippen LogP contribution in [0.25, 0.3) is 0 Å². The number of nitrogens with zero attached hydrogens (tertiary/aromatic N) is 3. The van der Waals surface area contributed by atoms with Crippen molar-refractivity contribution in [1.82, 2.24) is 14.9 Å². The van der Waals surface area contributed by atoms with Crippen molar-refractivity contribution >= 4 is 11.7 Å². The Hall–Kier alpha value is -1.82. The highest BCUT2D eigenvalue weighted by Gasteiger charge is 2.27. The Kier molecular flexibility index (Phi) is 5.76. The number of Topliss-reactive ketones (excluding diaryl/α,β-unsaturated/α-hetero) is 1. The molecule has 0 saturated heterocycles. The van der Waals surface area contributed by atoms with Crippen LogP contribution >= 0.6 is 0 Å². The molecular formula is C14H22N4O2. The molecule has 0 fully saturated rings. The number of rotatable bonds is 6. The maximum Gasteiger partial charge on any atom is 0.240 e.